The van der Waals surface area contributed by atoms with E-state index >= 15 is 0 Å². The summed E-state index contributed by atoms with van der Waals surface area (Å²) < 4.78 is 12.8. The van der Waals surface area contributed by atoms with E-state index in [1.165, 1.54) is 11.3 Å². The number of aromatic nitrogens is 1. The molecule has 0 radical (unpaired) electrons. The van der Waals surface area contributed by atoms with Crippen molar-refractivity contribution in [3.63, 3.8) is 0 Å². The molecule has 7 heteroatoms. The van der Waals surface area contributed by atoms with Gasteiger partial charge >= 0.3 is 0 Å². The predicted octanol–water partition coefficient (Wildman–Crippen LogP) is 7.34. The van der Waals surface area contributed by atoms with Crippen LogP contribution in [0.5, 0.6) is 11.5 Å². The molecule has 0 saturated heterocycles. The van der Waals surface area contributed by atoms with Crippen LogP contribution >= 0.6 is 11.3 Å². The Kier molecular flexibility index (Phi) is 6.82. The number of rotatable bonds is 5. The molecule has 0 N–H and O–H groups in total. The zero-order chi connectivity index (χ0) is 25.1. The first-order chi connectivity index (χ1) is 17.6. The zero-order valence-corrected chi connectivity index (χ0v) is 21.5. The first-order valence-electron chi connectivity index (χ1n) is 12.0. The molecule has 2 heterocycles. The Morgan fingerprint density at radius 3 is 2.81 bits per heavy atom. The predicted molar refractivity (Wildman–Crippen MR) is 151 cm³/mol. The highest BCUT2D eigenvalue weighted by molar-refractivity contribution is 7.22. The van der Waals surface area contributed by atoms with E-state index < -0.39 is 0 Å². The van der Waals surface area contributed by atoms with Gasteiger partial charge in [0.05, 0.1) is 28.7 Å². The summed E-state index contributed by atoms with van der Waals surface area (Å²) in [5.74, 6) is 2.20. The molecule has 1 aromatic heterocycles. The molecular formula is C29H28N4O2S. The van der Waals surface area contributed by atoms with Crippen molar-refractivity contribution in [3.8, 4) is 11.5 Å². The van der Waals surface area contributed by atoms with Gasteiger partial charge in [-0.1, -0.05) is 42.2 Å². The Morgan fingerprint density at radius 1 is 1.14 bits per heavy atom. The van der Waals surface area contributed by atoms with Gasteiger partial charge in [-0.15, -0.1) is 0 Å². The third kappa shape index (κ3) is 4.88. The fraction of sp³-hybridized carbons (Fsp3) is 0.207. The summed E-state index contributed by atoms with van der Waals surface area (Å²) in [5, 5.41) is 0.644. The largest absolute Gasteiger partial charge is 0.497 e. The fourth-order valence-electron chi connectivity index (χ4n) is 4.11. The maximum Gasteiger partial charge on any atom is 0.210 e. The van der Waals surface area contributed by atoms with Crippen LogP contribution in [0.1, 0.15) is 20.3 Å². The standard InChI is InChI=1S/C29H28N4O2S/c1-5-33(6-2)20-12-14-23-26(16-20)35-27-18-25(19(3)10-8-7-9-11-22(27)30-23)32-29-31-24-15-13-21(34-4)17-28(24)36-29/h7-10,12-18H,3,5-6,11H2,1-2,4H3/b9-7-,10-8-,27-18+,32-25-. The Balaban J connectivity index is 1.58. The van der Waals surface area contributed by atoms with Gasteiger partial charge in [0.1, 0.15) is 11.4 Å². The van der Waals surface area contributed by atoms with Crippen LogP contribution in [0, 0.1) is 0 Å². The molecule has 3 aromatic rings. The Labute approximate surface area is 215 Å². The topological polar surface area (TPSA) is 59.3 Å². The first kappa shape index (κ1) is 23.8. The van der Waals surface area contributed by atoms with Crippen LogP contribution in [0.3, 0.4) is 0 Å². The Hall–Kier alpha value is -3.97. The molecule has 0 bridgehead atoms. The lowest BCUT2D eigenvalue weighted by Crippen LogP contribution is -2.22. The fourth-order valence-corrected chi connectivity index (χ4v) is 4.98. The summed E-state index contributed by atoms with van der Waals surface area (Å²) in [4.78, 5) is 16.8. The van der Waals surface area contributed by atoms with Crippen molar-refractivity contribution in [3.05, 3.63) is 84.7 Å². The minimum atomic E-state index is 0.644. The lowest BCUT2D eigenvalue weighted by Gasteiger charge is -2.24. The van der Waals surface area contributed by atoms with E-state index in [2.05, 4.69) is 43.5 Å². The molecule has 0 spiro atoms. The second-order valence-corrected chi connectivity index (χ2v) is 9.35. The van der Waals surface area contributed by atoms with Crippen molar-refractivity contribution in [2.45, 2.75) is 20.3 Å². The molecular weight excluding hydrogens is 468 g/mol. The monoisotopic (exact) mass is 496 g/mol. The maximum absolute atomic E-state index is 6.44. The number of thiazole rings is 1. The van der Waals surface area contributed by atoms with Gasteiger partial charge in [-0.2, -0.15) is 0 Å². The van der Waals surface area contributed by atoms with Crippen LogP contribution in [0.2, 0.25) is 0 Å². The molecule has 1 aliphatic heterocycles. The van der Waals surface area contributed by atoms with Crippen LogP contribution in [0.4, 0.5) is 16.5 Å². The van der Waals surface area contributed by atoms with Crippen LogP contribution in [-0.4, -0.2) is 36.6 Å². The summed E-state index contributed by atoms with van der Waals surface area (Å²) in [6.45, 7) is 10.4. The Bertz CT molecular complexity index is 1470. The second-order valence-electron chi connectivity index (χ2n) is 8.34. The van der Waals surface area contributed by atoms with Gasteiger partial charge in [0.2, 0.25) is 5.13 Å². The zero-order valence-electron chi connectivity index (χ0n) is 20.7. The quantitative estimate of drug-likeness (QED) is 0.371. The molecule has 0 amide bonds. The molecule has 0 fully saturated rings. The van der Waals surface area contributed by atoms with Crippen molar-refractivity contribution >= 4 is 49.5 Å². The number of fused-ring (bicyclic) bond motifs is 3. The van der Waals surface area contributed by atoms with Crippen molar-refractivity contribution in [2.75, 3.05) is 25.1 Å². The van der Waals surface area contributed by atoms with Crippen molar-refractivity contribution in [2.24, 2.45) is 9.98 Å². The number of hydrogen-bond donors (Lipinski definition) is 0. The van der Waals surface area contributed by atoms with Crippen LogP contribution in [-0.2, 0) is 0 Å². The van der Waals surface area contributed by atoms with E-state index in [0.29, 0.717) is 23.0 Å². The Morgan fingerprint density at radius 2 is 2.00 bits per heavy atom. The smallest absolute Gasteiger partial charge is 0.210 e. The van der Waals surface area contributed by atoms with E-state index in [0.717, 1.165) is 57.5 Å². The minimum Gasteiger partial charge on any atom is -0.497 e. The molecule has 6 nitrogen and oxygen atoms in total. The van der Waals surface area contributed by atoms with Crippen molar-refractivity contribution in [1.29, 1.82) is 0 Å². The lowest BCUT2D eigenvalue weighted by molar-refractivity contribution is 0.415. The first-order valence-corrected chi connectivity index (χ1v) is 12.8. The number of aliphatic imine (C=N–C) groups is 2. The van der Waals surface area contributed by atoms with Crippen molar-refractivity contribution < 1.29 is 9.47 Å². The summed E-state index contributed by atoms with van der Waals surface area (Å²) >= 11 is 1.51. The molecule has 1 aliphatic carbocycles. The van der Waals surface area contributed by atoms with Gasteiger partial charge in [0, 0.05) is 37.3 Å². The molecule has 2 aromatic carbocycles. The average molecular weight is 497 g/mol. The molecule has 0 saturated carbocycles. The molecule has 5 rings (SSSR count). The highest BCUT2D eigenvalue weighted by Crippen LogP contribution is 2.38. The molecule has 2 aliphatic rings. The highest BCUT2D eigenvalue weighted by Gasteiger charge is 2.21. The van der Waals surface area contributed by atoms with Gasteiger partial charge in [0.25, 0.3) is 0 Å². The van der Waals surface area contributed by atoms with Gasteiger partial charge in [0.15, 0.2) is 11.5 Å². The normalized spacial score (nSPS) is 19.4. The van der Waals surface area contributed by atoms with E-state index in [4.69, 9.17) is 24.4 Å². The summed E-state index contributed by atoms with van der Waals surface area (Å²) in [6.07, 6.45) is 10.5. The van der Waals surface area contributed by atoms with Gasteiger partial charge in [-0.05, 0) is 49.8 Å². The number of allylic oxidation sites excluding steroid dienone is 7. The third-order valence-corrected chi connectivity index (χ3v) is 7.00. The second kappa shape index (κ2) is 10.3. The molecule has 36 heavy (non-hydrogen) atoms. The molecule has 182 valence electrons. The van der Waals surface area contributed by atoms with E-state index in [9.17, 15) is 0 Å². The SMILES string of the molecule is C=C1/C=C\C=C/CC2=Nc3ccc(N(CC)CC)cc3O/C2=C/C1=N/c1nc2ccc(OC)cc2s1. The summed E-state index contributed by atoms with van der Waals surface area (Å²) in [6, 6.07) is 12.0. The number of nitrogens with zero attached hydrogens (tertiary/aromatic N) is 4. The van der Waals surface area contributed by atoms with Gasteiger partial charge in [-0.3, -0.25) is 0 Å². The summed E-state index contributed by atoms with van der Waals surface area (Å²) in [7, 11) is 1.66. The van der Waals surface area contributed by atoms with Crippen LogP contribution in [0.15, 0.2) is 94.7 Å². The lowest BCUT2D eigenvalue weighted by atomic mass is 10.1. The minimum absolute atomic E-state index is 0.644. The summed E-state index contributed by atoms with van der Waals surface area (Å²) in [5.41, 5.74) is 5.11. The maximum atomic E-state index is 6.44. The van der Waals surface area contributed by atoms with E-state index in [1.54, 1.807) is 7.11 Å². The van der Waals surface area contributed by atoms with Crippen molar-refractivity contribution in [1.82, 2.24) is 4.98 Å². The number of hydrogen-bond acceptors (Lipinski definition) is 7. The van der Waals surface area contributed by atoms with Crippen LogP contribution < -0.4 is 14.4 Å². The van der Waals surface area contributed by atoms with Gasteiger partial charge < -0.3 is 14.4 Å². The highest BCUT2D eigenvalue weighted by atomic mass is 32.1. The number of anilines is 1. The van der Waals surface area contributed by atoms with E-state index in [-0.39, 0.29) is 0 Å². The number of ether oxygens (including phenoxy) is 2. The van der Waals surface area contributed by atoms with Crippen LogP contribution in [0.25, 0.3) is 10.2 Å². The van der Waals surface area contributed by atoms with Gasteiger partial charge in [-0.25, -0.2) is 15.0 Å². The third-order valence-electron chi connectivity index (χ3n) is 6.08. The number of benzene rings is 2. The van der Waals surface area contributed by atoms with E-state index in [1.807, 2.05) is 48.6 Å². The molecule has 0 atom stereocenters. The molecule has 0 unspecified atom stereocenters. The average Bonchev–Trinajstić information content (AvgIpc) is 3.30. The number of methoxy groups -OCH3 is 1.